The van der Waals surface area contributed by atoms with Gasteiger partial charge in [-0.1, -0.05) is 6.92 Å². The standard InChI is InChI=1S/C11H24N2O2/c1-3-4-12-9-11-10-15-8-6-13(11)5-7-14-2/h11-12H,3-10H2,1-2H3. The van der Waals surface area contributed by atoms with Crippen LogP contribution in [0.4, 0.5) is 0 Å². The molecule has 0 aliphatic carbocycles. The van der Waals surface area contributed by atoms with Gasteiger partial charge in [0.25, 0.3) is 0 Å². The molecular weight excluding hydrogens is 192 g/mol. The number of rotatable bonds is 7. The van der Waals surface area contributed by atoms with Gasteiger partial charge in [0.2, 0.25) is 0 Å². The molecule has 15 heavy (non-hydrogen) atoms. The summed E-state index contributed by atoms with van der Waals surface area (Å²) in [5, 5.41) is 3.45. The summed E-state index contributed by atoms with van der Waals surface area (Å²) in [7, 11) is 1.75. The van der Waals surface area contributed by atoms with Crippen LogP contribution in [0.3, 0.4) is 0 Å². The Morgan fingerprint density at radius 2 is 2.40 bits per heavy atom. The van der Waals surface area contributed by atoms with Crippen molar-refractivity contribution >= 4 is 0 Å². The molecule has 1 aliphatic heterocycles. The first kappa shape index (κ1) is 12.9. The zero-order valence-electron chi connectivity index (χ0n) is 10.00. The Morgan fingerprint density at radius 1 is 1.53 bits per heavy atom. The summed E-state index contributed by atoms with van der Waals surface area (Å²) in [6, 6.07) is 0.514. The average molecular weight is 216 g/mol. The lowest BCUT2D eigenvalue weighted by Gasteiger charge is -2.35. The number of nitrogens with one attached hydrogen (secondary N) is 1. The molecule has 1 aliphatic rings. The molecule has 1 saturated heterocycles. The van der Waals surface area contributed by atoms with Gasteiger partial charge >= 0.3 is 0 Å². The third-order valence-electron chi connectivity index (χ3n) is 2.74. The molecule has 0 saturated carbocycles. The molecule has 1 heterocycles. The van der Waals surface area contributed by atoms with Gasteiger partial charge in [0.05, 0.1) is 19.8 Å². The molecule has 1 N–H and O–H groups in total. The maximum absolute atomic E-state index is 5.50. The van der Waals surface area contributed by atoms with Gasteiger partial charge in [-0.3, -0.25) is 4.90 Å². The van der Waals surface area contributed by atoms with E-state index in [1.165, 1.54) is 6.42 Å². The van der Waals surface area contributed by atoms with Gasteiger partial charge in [-0.05, 0) is 13.0 Å². The monoisotopic (exact) mass is 216 g/mol. The lowest BCUT2D eigenvalue weighted by Crippen LogP contribution is -2.51. The summed E-state index contributed by atoms with van der Waals surface area (Å²) >= 11 is 0. The first-order chi connectivity index (χ1) is 7.38. The van der Waals surface area contributed by atoms with E-state index >= 15 is 0 Å². The first-order valence-corrected chi connectivity index (χ1v) is 5.90. The fraction of sp³-hybridized carbons (Fsp3) is 1.00. The smallest absolute Gasteiger partial charge is 0.0634 e. The van der Waals surface area contributed by atoms with Gasteiger partial charge in [-0.2, -0.15) is 0 Å². The van der Waals surface area contributed by atoms with E-state index in [1.54, 1.807) is 7.11 Å². The molecule has 0 amide bonds. The van der Waals surface area contributed by atoms with E-state index < -0.39 is 0 Å². The molecule has 0 radical (unpaired) electrons. The van der Waals surface area contributed by atoms with Crippen LogP contribution in [0.2, 0.25) is 0 Å². The Bertz CT molecular complexity index is 156. The van der Waals surface area contributed by atoms with Crippen LogP contribution in [0.25, 0.3) is 0 Å². The molecule has 1 unspecified atom stereocenters. The minimum atomic E-state index is 0.514. The lowest BCUT2D eigenvalue weighted by atomic mass is 10.2. The van der Waals surface area contributed by atoms with Crippen LogP contribution in [0.5, 0.6) is 0 Å². The summed E-state index contributed by atoms with van der Waals surface area (Å²) in [5.41, 5.74) is 0. The number of hydrogen-bond donors (Lipinski definition) is 1. The Balaban J connectivity index is 2.22. The second kappa shape index (κ2) is 8.05. The zero-order valence-corrected chi connectivity index (χ0v) is 10.00. The van der Waals surface area contributed by atoms with Gasteiger partial charge in [0, 0.05) is 32.8 Å². The highest BCUT2D eigenvalue weighted by Crippen LogP contribution is 2.05. The van der Waals surface area contributed by atoms with E-state index in [0.29, 0.717) is 6.04 Å². The Labute approximate surface area is 92.9 Å². The molecule has 0 aromatic heterocycles. The largest absolute Gasteiger partial charge is 0.383 e. The van der Waals surface area contributed by atoms with E-state index in [2.05, 4.69) is 17.1 Å². The fourth-order valence-corrected chi connectivity index (χ4v) is 1.83. The van der Waals surface area contributed by atoms with Crippen molar-refractivity contribution in [2.45, 2.75) is 19.4 Å². The van der Waals surface area contributed by atoms with Gasteiger partial charge in [-0.25, -0.2) is 0 Å². The predicted molar refractivity (Wildman–Crippen MR) is 61.2 cm³/mol. The third kappa shape index (κ3) is 4.93. The summed E-state index contributed by atoms with van der Waals surface area (Å²) in [5.74, 6) is 0. The number of nitrogens with zero attached hydrogens (tertiary/aromatic N) is 1. The summed E-state index contributed by atoms with van der Waals surface area (Å²) < 4.78 is 10.6. The average Bonchev–Trinajstić information content (AvgIpc) is 2.28. The van der Waals surface area contributed by atoms with E-state index in [9.17, 15) is 0 Å². The molecule has 0 aromatic carbocycles. The number of ether oxygens (including phenoxy) is 2. The molecule has 1 atom stereocenters. The summed E-state index contributed by atoms with van der Waals surface area (Å²) in [4.78, 5) is 2.45. The maximum Gasteiger partial charge on any atom is 0.0634 e. The minimum absolute atomic E-state index is 0.514. The van der Waals surface area contributed by atoms with E-state index in [0.717, 1.165) is 46.0 Å². The molecule has 1 fully saturated rings. The molecular formula is C11H24N2O2. The highest BCUT2D eigenvalue weighted by Gasteiger charge is 2.21. The van der Waals surface area contributed by atoms with Gasteiger partial charge in [0.1, 0.15) is 0 Å². The van der Waals surface area contributed by atoms with Crippen molar-refractivity contribution in [3.05, 3.63) is 0 Å². The molecule has 4 nitrogen and oxygen atoms in total. The predicted octanol–water partition coefficient (Wildman–Crippen LogP) is 0.333. The second-order valence-electron chi connectivity index (χ2n) is 3.96. The normalized spacial score (nSPS) is 23.2. The molecule has 0 bridgehead atoms. The van der Waals surface area contributed by atoms with Crippen LogP contribution in [0.15, 0.2) is 0 Å². The third-order valence-corrected chi connectivity index (χ3v) is 2.74. The van der Waals surface area contributed by atoms with Crippen LogP contribution in [0.1, 0.15) is 13.3 Å². The van der Waals surface area contributed by atoms with Crippen molar-refractivity contribution in [2.24, 2.45) is 0 Å². The van der Waals surface area contributed by atoms with Crippen LogP contribution in [-0.2, 0) is 9.47 Å². The first-order valence-electron chi connectivity index (χ1n) is 5.90. The van der Waals surface area contributed by atoms with Gasteiger partial charge in [0.15, 0.2) is 0 Å². The van der Waals surface area contributed by atoms with Crippen LogP contribution in [-0.4, -0.2) is 64.1 Å². The van der Waals surface area contributed by atoms with E-state index in [1.807, 2.05) is 0 Å². The molecule has 0 aromatic rings. The van der Waals surface area contributed by atoms with Crippen LogP contribution < -0.4 is 5.32 Å². The van der Waals surface area contributed by atoms with Gasteiger partial charge < -0.3 is 14.8 Å². The van der Waals surface area contributed by atoms with Crippen molar-refractivity contribution in [3.63, 3.8) is 0 Å². The number of hydrogen-bond acceptors (Lipinski definition) is 4. The van der Waals surface area contributed by atoms with Crippen molar-refractivity contribution in [2.75, 3.05) is 53.1 Å². The Kier molecular flexibility index (Phi) is 6.92. The maximum atomic E-state index is 5.50. The van der Waals surface area contributed by atoms with E-state index in [-0.39, 0.29) is 0 Å². The van der Waals surface area contributed by atoms with Crippen LogP contribution in [0, 0.1) is 0 Å². The SMILES string of the molecule is CCCNCC1COCCN1CCOC. The van der Waals surface area contributed by atoms with Crippen molar-refractivity contribution in [3.8, 4) is 0 Å². The number of morpholine rings is 1. The second-order valence-corrected chi connectivity index (χ2v) is 3.96. The molecule has 0 spiro atoms. The van der Waals surface area contributed by atoms with Crippen LogP contribution >= 0.6 is 0 Å². The van der Waals surface area contributed by atoms with E-state index in [4.69, 9.17) is 9.47 Å². The Hall–Kier alpha value is -0.160. The highest BCUT2D eigenvalue weighted by molar-refractivity contribution is 4.77. The minimum Gasteiger partial charge on any atom is -0.383 e. The Morgan fingerprint density at radius 3 is 3.13 bits per heavy atom. The quantitative estimate of drug-likeness (QED) is 0.622. The molecule has 4 heteroatoms. The zero-order chi connectivity index (χ0) is 10.9. The summed E-state index contributed by atoms with van der Waals surface area (Å²) in [6.07, 6.45) is 1.19. The lowest BCUT2D eigenvalue weighted by molar-refractivity contribution is -0.0158. The highest BCUT2D eigenvalue weighted by atomic mass is 16.5. The van der Waals surface area contributed by atoms with Crippen molar-refractivity contribution < 1.29 is 9.47 Å². The molecule has 1 rings (SSSR count). The topological polar surface area (TPSA) is 33.7 Å². The summed E-state index contributed by atoms with van der Waals surface area (Å²) in [6.45, 7) is 8.86. The molecule has 90 valence electrons. The number of methoxy groups -OCH3 is 1. The van der Waals surface area contributed by atoms with Crippen molar-refractivity contribution in [1.82, 2.24) is 10.2 Å². The van der Waals surface area contributed by atoms with Crippen molar-refractivity contribution in [1.29, 1.82) is 0 Å². The fourth-order valence-electron chi connectivity index (χ4n) is 1.83. The van der Waals surface area contributed by atoms with Gasteiger partial charge in [-0.15, -0.1) is 0 Å².